The van der Waals surface area contributed by atoms with Gasteiger partial charge in [0.15, 0.2) is 8.32 Å². The van der Waals surface area contributed by atoms with Crippen LogP contribution in [0.2, 0.25) is 18.1 Å². The predicted octanol–water partition coefficient (Wildman–Crippen LogP) is 7.92. The van der Waals surface area contributed by atoms with Gasteiger partial charge in [-0.25, -0.2) is 4.79 Å². The standard InChI is InChI=1S/C36H56O6Si/c1-26-20-21-39-31(24-26)18-19-34(42-43(7,8)36(4,5)6)33-16-9-12-29(37)23-27(2)22-28(3)25-32-15-10-13-30(40-32)14-11-17-35(38)41-33/h9-13,17-20,28-34,37H,2,14-16,21-25H2,1,3-8H3/b12-9-,17-11-,19-18+. The van der Waals surface area contributed by atoms with Crippen LogP contribution in [0.4, 0.5) is 0 Å². The van der Waals surface area contributed by atoms with Gasteiger partial charge in [0, 0.05) is 12.5 Å². The molecule has 7 heteroatoms. The summed E-state index contributed by atoms with van der Waals surface area (Å²) in [4.78, 5) is 13.2. The van der Waals surface area contributed by atoms with Gasteiger partial charge >= 0.3 is 5.97 Å². The minimum Gasteiger partial charge on any atom is -0.456 e. The fourth-order valence-corrected chi connectivity index (χ4v) is 6.75. The van der Waals surface area contributed by atoms with Crippen LogP contribution in [-0.4, -0.2) is 62.6 Å². The molecule has 7 atom stereocenters. The summed E-state index contributed by atoms with van der Waals surface area (Å²) < 4.78 is 25.3. The number of hydrogen-bond donors (Lipinski definition) is 1. The van der Waals surface area contributed by atoms with Crippen LogP contribution < -0.4 is 0 Å². The average Bonchev–Trinajstić information content (AvgIpc) is 2.89. The third-order valence-electron chi connectivity index (χ3n) is 8.92. The van der Waals surface area contributed by atoms with E-state index in [4.69, 9.17) is 18.6 Å². The van der Waals surface area contributed by atoms with Gasteiger partial charge in [-0.05, 0) is 69.5 Å². The van der Waals surface area contributed by atoms with Gasteiger partial charge in [0.25, 0.3) is 0 Å². The van der Waals surface area contributed by atoms with Gasteiger partial charge in [0.05, 0.1) is 31.0 Å². The number of fused-ring (bicyclic) bond motifs is 2. The molecule has 0 fully saturated rings. The van der Waals surface area contributed by atoms with Crippen LogP contribution >= 0.6 is 0 Å². The average molecular weight is 613 g/mol. The topological polar surface area (TPSA) is 74.2 Å². The number of cyclic esters (lactones) is 1. The van der Waals surface area contributed by atoms with Gasteiger partial charge in [0.1, 0.15) is 12.2 Å². The van der Waals surface area contributed by atoms with Gasteiger partial charge < -0.3 is 23.7 Å². The molecule has 3 aliphatic rings. The molecule has 240 valence electrons. The molecule has 3 rings (SSSR count). The lowest BCUT2D eigenvalue weighted by Gasteiger charge is -2.40. The Hall–Kier alpha value is -2.03. The molecule has 0 amide bonds. The van der Waals surface area contributed by atoms with E-state index in [1.54, 1.807) is 6.08 Å². The minimum absolute atomic E-state index is 0.0336. The molecule has 0 aromatic carbocycles. The lowest BCUT2D eigenvalue weighted by molar-refractivity contribution is -0.146. The van der Waals surface area contributed by atoms with E-state index in [0.717, 1.165) is 31.3 Å². The first-order valence-electron chi connectivity index (χ1n) is 16.1. The lowest BCUT2D eigenvalue weighted by Crippen LogP contribution is -2.47. The van der Waals surface area contributed by atoms with Crippen molar-refractivity contribution in [2.75, 3.05) is 6.61 Å². The number of aliphatic hydroxyl groups excluding tert-OH is 1. The maximum atomic E-state index is 13.2. The zero-order chi connectivity index (χ0) is 31.6. The number of aliphatic hydroxyl groups is 1. The van der Waals surface area contributed by atoms with Crippen molar-refractivity contribution in [2.45, 2.75) is 134 Å². The first kappa shape index (κ1) is 35.4. The number of carbonyl (C=O) groups is 1. The van der Waals surface area contributed by atoms with Gasteiger partial charge in [-0.3, -0.25) is 0 Å². The summed E-state index contributed by atoms with van der Waals surface area (Å²) in [6.07, 6.45) is 20.8. The van der Waals surface area contributed by atoms with Gasteiger partial charge in [-0.15, -0.1) is 0 Å². The second-order valence-corrected chi connectivity index (χ2v) is 18.9. The zero-order valence-corrected chi connectivity index (χ0v) is 28.6. The number of hydrogen-bond acceptors (Lipinski definition) is 6. The molecule has 0 aliphatic carbocycles. The number of esters is 1. The molecule has 0 spiro atoms. The number of carbonyl (C=O) groups excluding carboxylic acids is 1. The van der Waals surface area contributed by atoms with Gasteiger partial charge in [0.2, 0.25) is 0 Å². The Balaban J connectivity index is 1.89. The first-order chi connectivity index (χ1) is 20.2. The summed E-state index contributed by atoms with van der Waals surface area (Å²) in [5.41, 5.74) is 2.32. The number of rotatable bonds is 5. The Morgan fingerprint density at radius 1 is 1.09 bits per heavy atom. The molecule has 3 heterocycles. The van der Waals surface area contributed by atoms with Crippen molar-refractivity contribution < 1.29 is 28.5 Å². The highest BCUT2D eigenvalue weighted by atomic mass is 28.4. The zero-order valence-electron chi connectivity index (χ0n) is 27.6. The molecular weight excluding hydrogens is 556 g/mol. The fourth-order valence-electron chi connectivity index (χ4n) is 5.48. The van der Waals surface area contributed by atoms with E-state index in [2.05, 4.69) is 78.6 Å². The van der Waals surface area contributed by atoms with Crippen LogP contribution in [0, 0.1) is 5.92 Å². The predicted molar refractivity (Wildman–Crippen MR) is 177 cm³/mol. The molecule has 0 aromatic heterocycles. The van der Waals surface area contributed by atoms with Crippen LogP contribution in [0.3, 0.4) is 0 Å². The maximum Gasteiger partial charge on any atom is 0.330 e. The Morgan fingerprint density at radius 3 is 2.56 bits per heavy atom. The van der Waals surface area contributed by atoms with Crippen LogP contribution in [0.15, 0.2) is 72.4 Å². The summed E-state index contributed by atoms with van der Waals surface area (Å²) >= 11 is 0. The lowest BCUT2D eigenvalue weighted by atomic mass is 9.91. The van der Waals surface area contributed by atoms with Crippen LogP contribution in [0.5, 0.6) is 0 Å². The van der Waals surface area contributed by atoms with Crippen LogP contribution in [0.25, 0.3) is 0 Å². The maximum absolute atomic E-state index is 13.2. The van der Waals surface area contributed by atoms with Crippen LogP contribution in [0.1, 0.15) is 79.6 Å². The third kappa shape index (κ3) is 12.1. The first-order valence-corrected chi connectivity index (χ1v) is 19.0. The van der Waals surface area contributed by atoms with Crippen molar-refractivity contribution in [3.8, 4) is 0 Å². The summed E-state index contributed by atoms with van der Waals surface area (Å²) in [5.74, 6) is -0.00889. The Bertz CT molecular complexity index is 1080. The molecule has 6 nitrogen and oxygen atoms in total. The second kappa shape index (κ2) is 16.3. The fraction of sp³-hybridized carbons (Fsp3) is 0.639. The summed E-state index contributed by atoms with van der Waals surface area (Å²) in [6.45, 7) is 20.2. The van der Waals surface area contributed by atoms with E-state index in [9.17, 15) is 9.90 Å². The summed E-state index contributed by atoms with van der Waals surface area (Å²) in [5, 5.41) is 10.8. The quantitative estimate of drug-likeness (QED) is 0.193. The monoisotopic (exact) mass is 612 g/mol. The Labute approximate surface area is 261 Å². The highest BCUT2D eigenvalue weighted by molar-refractivity contribution is 6.74. The number of ether oxygens (including phenoxy) is 3. The third-order valence-corrected chi connectivity index (χ3v) is 13.4. The molecule has 1 N–H and O–H groups in total. The highest BCUT2D eigenvalue weighted by Gasteiger charge is 2.41. The van der Waals surface area contributed by atoms with E-state index in [-0.39, 0.29) is 23.4 Å². The van der Waals surface area contributed by atoms with E-state index in [0.29, 0.717) is 31.8 Å². The molecule has 0 saturated carbocycles. The van der Waals surface area contributed by atoms with E-state index in [1.807, 2.05) is 18.2 Å². The molecule has 7 unspecified atom stereocenters. The highest BCUT2D eigenvalue weighted by Crippen LogP contribution is 2.38. The molecule has 2 bridgehead atoms. The van der Waals surface area contributed by atoms with Crippen molar-refractivity contribution in [1.29, 1.82) is 0 Å². The largest absolute Gasteiger partial charge is 0.456 e. The van der Waals surface area contributed by atoms with E-state index >= 15 is 0 Å². The molecule has 0 radical (unpaired) electrons. The van der Waals surface area contributed by atoms with Crippen LogP contribution in [-0.2, 0) is 23.4 Å². The van der Waals surface area contributed by atoms with Crippen molar-refractivity contribution >= 4 is 14.3 Å². The minimum atomic E-state index is -2.25. The summed E-state index contributed by atoms with van der Waals surface area (Å²) in [6, 6.07) is 0. The summed E-state index contributed by atoms with van der Waals surface area (Å²) in [7, 11) is -2.25. The van der Waals surface area contributed by atoms with Gasteiger partial charge in [-0.2, -0.15) is 0 Å². The normalized spacial score (nSPS) is 32.8. The smallest absolute Gasteiger partial charge is 0.330 e. The Morgan fingerprint density at radius 2 is 1.84 bits per heavy atom. The molecule has 0 aromatic rings. The van der Waals surface area contributed by atoms with Crippen molar-refractivity contribution in [3.63, 3.8) is 0 Å². The van der Waals surface area contributed by atoms with E-state index in [1.165, 1.54) is 11.6 Å². The van der Waals surface area contributed by atoms with Crippen molar-refractivity contribution in [2.24, 2.45) is 5.92 Å². The second-order valence-electron chi connectivity index (χ2n) is 14.2. The van der Waals surface area contributed by atoms with Crippen molar-refractivity contribution in [3.05, 3.63) is 72.4 Å². The van der Waals surface area contributed by atoms with E-state index < -0.39 is 32.6 Å². The van der Waals surface area contributed by atoms with Gasteiger partial charge in [-0.1, -0.05) is 94.0 Å². The Kier molecular flexibility index (Phi) is 13.5. The molecule has 3 aliphatic heterocycles. The molecular formula is C36H56O6Si. The molecule has 0 saturated heterocycles. The SMILES string of the molecule is C=C1CC(O)/C=C\CC(C(/C=C/C2CC(C)=CCO2)O[Si](C)(C)C(C)(C)C)OC(=O)/C=C\CC2C=CCC(CC(C)C1)O2. The molecule has 43 heavy (non-hydrogen) atoms. The van der Waals surface area contributed by atoms with Crippen molar-refractivity contribution in [1.82, 2.24) is 0 Å².